The predicted molar refractivity (Wildman–Crippen MR) is 61.3 cm³/mol. The van der Waals surface area contributed by atoms with Crippen LogP contribution < -0.4 is 5.32 Å². The van der Waals surface area contributed by atoms with Crippen LogP contribution in [0.3, 0.4) is 0 Å². The fraction of sp³-hybridized carbons (Fsp3) is 0.100. The van der Waals surface area contributed by atoms with Gasteiger partial charge in [-0.25, -0.2) is 0 Å². The minimum Gasteiger partial charge on any atom is -0.369 e. The lowest BCUT2D eigenvalue weighted by Crippen LogP contribution is -2.06. The van der Waals surface area contributed by atoms with Crippen LogP contribution in [0.2, 0.25) is 0 Å². The molecule has 1 heterocycles. The lowest BCUT2D eigenvalue weighted by Gasteiger charge is -1.91. The second-order valence-corrected chi connectivity index (χ2v) is 4.08. The molecule has 0 aliphatic heterocycles. The lowest BCUT2D eigenvalue weighted by atomic mass is 10.2. The molecule has 13 heavy (non-hydrogen) atoms. The Labute approximate surface area is 86.4 Å². The van der Waals surface area contributed by atoms with Gasteiger partial charge in [0.25, 0.3) is 0 Å². The molecule has 0 amide bonds. The van der Waals surface area contributed by atoms with Crippen molar-refractivity contribution in [2.24, 2.45) is 0 Å². The number of nitrogens with one attached hydrogen (secondary N) is 1. The van der Waals surface area contributed by atoms with Crippen molar-refractivity contribution in [1.82, 2.24) is 5.32 Å². The maximum Gasteiger partial charge on any atom is 0.134 e. The molecule has 0 atom stereocenters. The van der Waals surface area contributed by atoms with E-state index in [0.717, 1.165) is 6.54 Å². The number of rotatable bonds is 3. The Bertz CT molecular complexity index is 387. The molecular formula is C10H8NS2. The van der Waals surface area contributed by atoms with E-state index in [9.17, 15) is 0 Å². The summed E-state index contributed by atoms with van der Waals surface area (Å²) < 4.78 is 1.32. The zero-order chi connectivity index (χ0) is 9.10. The van der Waals surface area contributed by atoms with Gasteiger partial charge in [0.2, 0.25) is 0 Å². The number of thiophene rings is 1. The first kappa shape index (κ1) is 8.66. The zero-order valence-corrected chi connectivity index (χ0v) is 8.54. The molecule has 1 aromatic heterocycles. The molecule has 0 aliphatic rings. The normalized spacial score (nSPS) is 10.2. The topological polar surface area (TPSA) is 12.0 Å². The molecular weight excluding hydrogens is 198 g/mol. The molecule has 1 radical (unpaired) electrons. The highest BCUT2D eigenvalue weighted by Gasteiger charge is 1.98. The average molecular weight is 206 g/mol. The van der Waals surface area contributed by atoms with Crippen molar-refractivity contribution in [2.45, 2.75) is 6.54 Å². The van der Waals surface area contributed by atoms with Gasteiger partial charge < -0.3 is 5.32 Å². The van der Waals surface area contributed by atoms with E-state index in [1.807, 2.05) is 0 Å². The number of fused-ring (bicyclic) bond motifs is 1. The summed E-state index contributed by atoms with van der Waals surface area (Å²) in [6.45, 7) is 0.781. The van der Waals surface area contributed by atoms with Gasteiger partial charge in [0.05, 0.1) is 6.54 Å². The van der Waals surface area contributed by atoms with Crippen molar-refractivity contribution in [2.75, 3.05) is 0 Å². The second kappa shape index (κ2) is 3.85. The Morgan fingerprint density at radius 3 is 3.00 bits per heavy atom. The summed E-state index contributed by atoms with van der Waals surface area (Å²) in [5, 5.41) is 4.20. The fourth-order valence-corrected chi connectivity index (χ4v) is 2.32. The first-order chi connectivity index (χ1) is 6.40. The van der Waals surface area contributed by atoms with E-state index in [2.05, 4.69) is 53.4 Å². The van der Waals surface area contributed by atoms with Crippen molar-refractivity contribution < 1.29 is 0 Å². The quantitative estimate of drug-likeness (QED) is 0.612. The maximum atomic E-state index is 4.58. The molecule has 65 valence electrons. The van der Waals surface area contributed by atoms with Crippen LogP contribution in [0.1, 0.15) is 4.88 Å². The van der Waals surface area contributed by atoms with Gasteiger partial charge in [0.15, 0.2) is 0 Å². The summed E-state index contributed by atoms with van der Waals surface area (Å²) in [6.07, 6.45) is 0. The van der Waals surface area contributed by atoms with Crippen LogP contribution in [0.25, 0.3) is 10.1 Å². The van der Waals surface area contributed by atoms with E-state index >= 15 is 0 Å². The summed E-state index contributed by atoms with van der Waals surface area (Å²) in [4.78, 5) is 1.29. The first-order valence-electron chi connectivity index (χ1n) is 3.97. The molecule has 1 N–H and O–H groups in total. The van der Waals surface area contributed by atoms with Crippen LogP contribution in [-0.2, 0) is 6.54 Å². The second-order valence-electron chi connectivity index (χ2n) is 2.71. The highest BCUT2D eigenvalue weighted by atomic mass is 32.1. The molecule has 0 saturated carbocycles. The highest BCUT2D eigenvalue weighted by Crippen LogP contribution is 2.24. The summed E-state index contributed by atoms with van der Waals surface area (Å²) >= 11 is 6.36. The van der Waals surface area contributed by atoms with E-state index in [1.54, 1.807) is 11.3 Å². The number of thiocarbonyl (C=S) groups is 1. The summed E-state index contributed by atoms with van der Waals surface area (Å²) in [5.74, 6) is 0. The van der Waals surface area contributed by atoms with Gasteiger partial charge in [-0.1, -0.05) is 30.4 Å². The number of hydrogen-bond donors (Lipinski definition) is 1. The van der Waals surface area contributed by atoms with Crippen molar-refractivity contribution >= 4 is 39.1 Å². The largest absolute Gasteiger partial charge is 0.369 e. The summed E-state index contributed by atoms with van der Waals surface area (Å²) in [7, 11) is 0. The Kier molecular flexibility index (Phi) is 2.57. The molecule has 2 aromatic rings. The molecule has 1 nitrogen and oxygen atoms in total. The van der Waals surface area contributed by atoms with E-state index < -0.39 is 0 Å². The Morgan fingerprint density at radius 1 is 1.38 bits per heavy atom. The third-order valence-electron chi connectivity index (χ3n) is 1.81. The van der Waals surface area contributed by atoms with Gasteiger partial charge in [-0.2, -0.15) is 0 Å². The lowest BCUT2D eigenvalue weighted by molar-refractivity contribution is 0.968. The van der Waals surface area contributed by atoms with Gasteiger partial charge in [-0.05, 0) is 17.5 Å². The molecule has 3 heteroatoms. The van der Waals surface area contributed by atoms with E-state index in [-0.39, 0.29) is 0 Å². The number of hydrogen-bond acceptors (Lipinski definition) is 2. The number of benzene rings is 1. The molecule has 0 spiro atoms. The average Bonchev–Trinajstić information content (AvgIpc) is 2.57. The predicted octanol–water partition coefficient (Wildman–Crippen LogP) is 2.83. The van der Waals surface area contributed by atoms with Crippen LogP contribution in [0.4, 0.5) is 0 Å². The monoisotopic (exact) mass is 206 g/mol. The van der Waals surface area contributed by atoms with Crippen LogP contribution >= 0.6 is 23.6 Å². The fourth-order valence-electron chi connectivity index (χ4n) is 1.25. The highest BCUT2D eigenvalue weighted by molar-refractivity contribution is 7.78. The van der Waals surface area contributed by atoms with Crippen LogP contribution in [0.15, 0.2) is 30.3 Å². The van der Waals surface area contributed by atoms with Crippen molar-refractivity contribution in [1.29, 1.82) is 0 Å². The van der Waals surface area contributed by atoms with Crippen LogP contribution in [0.5, 0.6) is 0 Å². The van der Waals surface area contributed by atoms with Crippen LogP contribution in [0, 0.1) is 0 Å². The SMILES string of the molecule is S=[C]NCc1cc2ccccc2s1. The minimum atomic E-state index is 0.781. The summed E-state index contributed by atoms with van der Waals surface area (Å²) in [5.41, 5.74) is 2.50. The van der Waals surface area contributed by atoms with Gasteiger partial charge in [0.1, 0.15) is 5.49 Å². The molecule has 0 fully saturated rings. The Balaban J connectivity index is 2.32. The van der Waals surface area contributed by atoms with Gasteiger partial charge >= 0.3 is 0 Å². The van der Waals surface area contributed by atoms with Crippen LogP contribution in [-0.4, -0.2) is 5.49 Å². The van der Waals surface area contributed by atoms with Gasteiger partial charge in [0, 0.05) is 9.58 Å². The van der Waals surface area contributed by atoms with Crippen molar-refractivity contribution in [3.63, 3.8) is 0 Å². The molecule has 0 unspecified atom stereocenters. The minimum absolute atomic E-state index is 0.781. The molecule has 1 aromatic carbocycles. The molecule has 2 rings (SSSR count). The Morgan fingerprint density at radius 2 is 2.23 bits per heavy atom. The van der Waals surface area contributed by atoms with Gasteiger partial charge in [-0.15, -0.1) is 11.3 Å². The standard InChI is InChI=1S/C10H8NS2/c12-7-11-6-9-5-8-3-1-2-4-10(8)13-9/h1-5H,6H2,(H,11,12). The van der Waals surface area contributed by atoms with E-state index in [0.29, 0.717) is 0 Å². The van der Waals surface area contributed by atoms with Gasteiger partial charge in [-0.3, -0.25) is 0 Å². The Hall–Kier alpha value is -0.930. The third kappa shape index (κ3) is 1.87. The molecule has 0 aliphatic carbocycles. The van der Waals surface area contributed by atoms with E-state index in [4.69, 9.17) is 0 Å². The molecule has 0 bridgehead atoms. The van der Waals surface area contributed by atoms with E-state index in [1.165, 1.54) is 15.0 Å². The third-order valence-corrected chi connectivity index (χ3v) is 3.07. The maximum absolute atomic E-state index is 4.58. The summed E-state index contributed by atoms with van der Waals surface area (Å²) in [6, 6.07) is 10.5. The first-order valence-corrected chi connectivity index (χ1v) is 5.20. The van der Waals surface area contributed by atoms with Crippen molar-refractivity contribution in [3.05, 3.63) is 35.2 Å². The smallest absolute Gasteiger partial charge is 0.134 e. The van der Waals surface area contributed by atoms with Crippen molar-refractivity contribution in [3.8, 4) is 0 Å². The molecule has 0 saturated heterocycles. The zero-order valence-electron chi connectivity index (χ0n) is 6.91.